The van der Waals surface area contributed by atoms with Gasteiger partial charge in [-0.15, -0.1) is 0 Å². The molecule has 24 heavy (non-hydrogen) atoms. The van der Waals surface area contributed by atoms with Crippen LogP contribution in [0.3, 0.4) is 0 Å². The second-order valence-electron chi connectivity index (χ2n) is 6.27. The molecular weight excluding hydrogens is 302 g/mol. The Morgan fingerprint density at radius 3 is 2.54 bits per heavy atom. The van der Waals surface area contributed by atoms with E-state index >= 15 is 0 Å². The van der Waals surface area contributed by atoms with Crippen LogP contribution in [0.25, 0.3) is 0 Å². The number of hydrogen-bond donors (Lipinski definition) is 2. The Morgan fingerprint density at radius 2 is 1.88 bits per heavy atom. The lowest BCUT2D eigenvalue weighted by Crippen LogP contribution is -2.43. The van der Waals surface area contributed by atoms with E-state index in [1.54, 1.807) is 36.0 Å². The van der Waals surface area contributed by atoms with Crippen molar-refractivity contribution in [2.75, 3.05) is 23.3 Å². The molecule has 3 rings (SSSR count). The quantitative estimate of drug-likeness (QED) is 0.850. The van der Waals surface area contributed by atoms with Crippen LogP contribution in [0.5, 0.6) is 5.75 Å². The summed E-state index contributed by atoms with van der Waals surface area (Å²) >= 11 is 0. The van der Waals surface area contributed by atoms with Crippen LogP contribution in [0.2, 0.25) is 0 Å². The number of anilines is 2. The molecule has 0 spiro atoms. The molecule has 0 aliphatic carbocycles. The molecule has 126 valence electrons. The van der Waals surface area contributed by atoms with Gasteiger partial charge in [0.05, 0.1) is 0 Å². The summed E-state index contributed by atoms with van der Waals surface area (Å²) in [5.74, 6) is 0.0272. The molecule has 1 amide bonds. The standard InChI is InChI=1S/C19H23N3O2/c1-15(22-13-5-6-18(23)14-22)19(24)20-16-7-9-17(10-8-16)21-11-3-2-4-12-21/h5-10,13-15H,2-4,11-12H2,1H3,(H-,20,23,24)/p+1/t15-/m1/s1. The van der Waals surface area contributed by atoms with E-state index in [9.17, 15) is 9.90 Å². The molecule has 0 bridgehead atoms. The molecule has 1 atom stereocenters. The van der Waals surface area contributed by atoms with Crippen molar-refractivity contribution in [1.82, 2.24) is 0 Å². The average molecular weight is 326 g/mol. The zero-order valence-electron chi connectivity index (χ0n) is 14.0. The number of aromatic hydroxyl groups is 1. The highest BCUT2D eigenvalue weighted by molar-refractivity contribution is 5.92. The Hall–Kier alpha value is -2.56. The number of hydrogen-bond acceptors (Lipinski definition) is 3. The number of nitrogens with zero attached hydrogens (tertiary/aromatic N) is 2. The highest BCUT2D eigenvalue weighted by Gasteiger charge is 2.22. The first kappa shape index (κ1) is 16.3. The Balaban J connectivity index is 1.63. The van der Waals surface area contributed by atoms with Gasteiger partial charge in [-0.1, -0.05) is 0 Å². The zero-order chi connectivity index (χ0) is 16.9. The maximum Gasteiger partial charge on any atom is 0.293 e. The minimum Gasteiger partial charge on any atom is -0.503 e. The molecular formula is C19H24N3O2+. The Morgan fingerprint density at radius 1 is 1.17 bits per heavy atom. The van der Waals surface area contributed by atoms with Gasteiger partial charge in [-0.3, -0.25) is 4.79 Å². The molecule has 0 radical (unpaired) electrons. The van der Waals surface area contributed by atoms with Crippen LogP contribution in [0.4, 0.5) is 11.4 Å². The second-order valence-corrected chi connectivity index (χ2v) is 6.27. The van der Waals surface area contributed by atoms with Crippen LogP contribution in [0.1, 0.15) is 32.2 Å². The van der Waals surface area contributed by atoms with Crippen LogP contribution >= 0.6 is 0 Å². The van der Waals surface area contributed by atoms with Gasteiger partial charge in [0.25, 0.3) is 5.91 Å². The van der Waals surface area contributed by atoms with E-state index in [4.69, 9.17) is 0 Å². The Bertz CT molecular complexity index is 694. The average Bonchev–Trinajstić information content (AvgIpc) is 2.62. The Labute approximate surface area is 142 Å². The highest BCUT2D eigenvalue weighted by atomic mass is 16.3. The van der Waals surface area contributed by atoms with Gasteiger partial charge >= 0.3 is 0 Å². The minimum atomic E-state index is -0.404. The molecule has 1 aliphatic heterocycles. The van der Waals surface area contributed by atoms with Gasteiger partial charge in [-0.2, -0.15) is 4.57 Å². The smallest absolute Gasteiger partial charge is 0.293 e. The van der Waals surface area contributed by atoms with Gasteiger partial charge < -0.3 is 15.3 Å². The van der Waals surface area contributed by atoms with Crippen molar-refractivity contribution in [2.24, 2.45) is 0 Å². The van der Waals surface area contributed by atoms with Gasteiger partial charge in [0.2, 0.25) is 12.2 Å². The molecule has 2 heterocycles. The van der Waals surface area contributed by atoms with Crippen molar-refractivity contribution >= 4 is 17.3 Å². The normalized spacial score (nSPS) is 15.8. The van der Waals surface area contributed by atoms with Gasteiger partial charge in [-0.05, 0) is 49.6 Å². The minimum absolute atomic E-state index is 0.115. The largest absolute Gasteiger partial charge is 0.503 e. The fourth-order valence-corrected chi connectivity index (χ4v) is 3.01. The number of pyridine rings is 1. The summed E-state index contributed by atoms with van der Waals surface area (Å²) in [5, 5.41) is 12.5. The Kier molecular flexibility index (Phi) is 4.99. The summed E-state index contributed by atoms with van der Waals surface area (Å²) in [7, 11) is 0. The van der Waals surface area contributed by atoms with Gasteiger partial charge in [0.1, 0.15) is 0 Å². The third-order valence-corrected chi connectivity index (χ3v) is 4.49. The summed E-state index contributed by atoms with van der Waals surface area (Å²) in [6.45, 7) is 4.02. The summed E-state index contributed by atoms with van der Waals surface area (Å²) in [6.07, 6.45) is 7.12. The van der Waals surface area contributed by atoms with Gasteiger partial charge in [0, 0.05) is 37.5 Å². The van der Waals surface area contributed by atoms with Crippen LogP contribution in [-0.2, 0) is 4.79 Å². The van der Waals surface area contributed by atoms with Crippen LogP contribution in [-0.4, -0.2) is 24.1 Å². The SMILES string of the molecule is C[C@H](C(=O)Nc1ccc(N2CCCCC2)cc1)[n+]1cccc(O)c1. The lowest BCUT2D eigenvalue weighted by atomic mass is 10.1. The number of aromatic nitrogens is 1. The molecule has 1 fully saturated rings. The summed E-state index contributed by atoms with van der Waals surface area (Å²) in [5.41, 5.74) is 2.00. The number of carbonyl (C=O) groups excluding carboxylic acids is 1. The van der Waals surface area contributed by atoms with E-state index in [1.807, 2.05) is 12.1 Å². The van der Waals surface area contributed by atoms with Gasteiger partial charge in [0.15, 0.2) is 11.9 Å². The van der Waals surface area contributed by atoms with Crippen LogP contribution < -0.4 is 14.8 Å². The number of amides is 1. The fraction of sp³-hybridized carbons (Fsp3) is 0.368. The third kappa shape index (κ3) is 3.85. The number of rotatable bonds is 4. The molecule has 0 unspecified atom stereocenters. The summed E-state index contributed by atoms with van der Waals surface area (Å²) in [4.78, 5) is 14.8. The van der Waals surface area contributed by atoms with Crippen LogP contribution in [0.15, 0.2) is 48.8 Å². The molecule has 2 aromatic rings. The molecule has 5 nitrogen and oxygen atoms in total. The molecule has 5 heteroatoms. The van der Waals surface area contributed by atoms with E-state index in [-0.39, 0.29) is 11.7 Å². The van der Waals surface area contributed by atoms with E-state index in [1.165, 1.54) is 24.9 Å². The predicted molar refractivity (Wildman–Crippen MR) is 94.1 cm³/mol. The summed E-state index contributed by atoms with van der Waals surface area (Å²) in [6, 6.07) is 10.9. The van der Waals surface area contributed by atoms with Crippen molar-refractivity contribution in [3.8, 4) is 5.75 Å². The number of nitrogens with one attached hydrogen (secondary N) is 1. The van der Waals surface area contributed by atoms with E-state index < -0.39 is 6.04 Å². The maximum absolute atomic E-state index is 12.4. The van der Waals surface area contributed by atoms with Crippen molar-refractivity contribution < 1.29 is 14.5 Å². The van der Waals surface area contributed by atoms with Gasteiger partial charge in [-0.25, -0.2) is 0 Å². The van der Waals surface area contributed by atoms with Crippen molar-refractivity contribution in [3.63, 3.8) is 0 Å². The van der Waals surface area contributed by atoms with Crippen molar-refractivity contribution in [2.45, 2.75) is 32.2 Å². The molecule has 1 aromatic carbocycles. The first-order valence-corrected chi connectivity index (χ1v) is 8.49. The summed E-state index contributed by atoms with van der Waals surface area (Å²) < 4.78 is 1.69. The molecule has 1 saturated heterocycles. The highest BCUT2D eigenvalue weighted by Crippen LogP contribution is 2.22. The molecule has 2 N–H and O–H groups in total. The molecule has 1 aliphatic rings. The van der Waals surface area contributed by atoms with Crippen LogP contribution in [0, 0.1) is 0 Å². The third-order valence-electron chi connectivity index (χ3n) is 4.49. The molecule has 0 saturated carbocycles. The van der Waals surface area contributed by atoms with E-state index in [0.717, 1.165) is 18.8 Å². The number of benzene rings is 1. The molecule has 1 aromatic heterocycles. The second kappa shape index (κ2) is 7.34. The number of carbonyl (C=O) groups is 1. The fourth-order valence-electron chi connectivity index (χ4n) is 3.01. The maximum atomic E-state index is 12.4. The lowest BCUT2D eigenvalue weighted by molar-refractivity contribution is -0.705. The number of piperidine rings is 1. The first-order chi connectivity index (χ1) is 11.6. The zero-order valence-corrected chi connectivity index (χ0v) is 14.0. The lowest BCUT2D eigenvalue weighted by Gasteiger charge is -2.28. The topological polar surface area (TPSA) is 56.5 Å². The van der Waals surface area contributed by atoms with Crippen molar-refractivity contribution in [3.05, 3.63) is 48.8 Å². The predicted octanol–water partition coefficient (Wildman–Crippen LogP) is 2.87. The van der Waals surface area contributed by atoms with E-state index in [2.05, 4.69) is 22.3 Å². The van der Waals surface area contributed by atoms with Crippen molar-refractivity contribution in [1.29, 1.82) is 0 Å². The first-order valence-electron chi connectivity index (χ1n) is 8.49. The monoisotopic (exact) mass is 326 g/mol. The van der Waals surface area contributed by atoms with E-state index in [0.29, 0.717) is 0 Å².